The second-order valence-corrected chi connectivity index (χ2v) is 10.9. The predicted molar refractivity (Wildman–Crippen MR) is 131 cm³/mol. The van der Waals surface area contributed by atoms with Gasteiger partial charge in [-0.05, 0) is 55.7 Å². The van der Waals surface area contributed by atoms with Crippen LogP contribution in [0.25, 0.3) is 10.9 Å². The average Bonchev–Trinajstić information content (AvgIpc) is 3.51. The summed E-state index contributed by atoms with van der Waals surface area (Å²) in [7, 11) is 1.56. The number of aromatic nitrogens is 1. The smallest absolute Gasteiger partial charge is 0.268 e. The van der Waals surface area contributed by atoms with E-state index >= 15 is 0 Å². The quantitative estimate of drug-likeness (QED) is 0.423. The molecule has 4 saturated carbocycles. The molecule has 0 unspecified atom stereocenters. The molecule has 6 atom stereocenters. The molecule has 5 aliphatic rings. The van der Waals surface area contributed by atoms with Crippen molar-refractivity contribution in [3.05, 3.63) is 30.0 Å². The summed E-state index contributed by atoms with van der Waals surface area (Å²) in [6, 6.07) is 8.66. The van der Waals surface area contributed by atoms with Gasteiger partial charge in [0, 0.05) is 16.8 Å². The molecule has 4 N–H and O–H groups in total. The Kier molecular flexibility index (Phi) is 5.48. The normalized spacial score (nSPS) is 30.8. The molecule has 1 aromatic heterocycles. The van der Waals surface area contributed by atoms with Crippen molar-refractivity contribution in [1.82, 2.24) is 20.9 Å². The number of ether oxygens (including phenoxy) is 1. The minimum Gasteiger partial charge on any atom is -0.496 e. The first kappa shape index (κ1) is 23.5. The molecule has 10 heteroatoms. The van der Waals surface area contributed by atoms with Gasteiger partial charge in [0.25, 0.3) is 5.91 Å². The van der Waals surface area contributed by atoms with Crippen LogP contribution >= 0.6 is 0 Å². The van der Waals surface area contributed by atoms with E-state index in [0.717, 1.165) is 30.2 Å². The number of carbonyl (C=O) groups excluding carboxylic acids is 4. The Morgan fingerprint density at radius 2 is 1.97 bits per heavy atom. The number of fused-ring (bicyclic) bond motifs is 3. The number of H-pyrrole nitrogens is 1. The minimum atomic E-state index is -1.25. The van der Waals surface area contributed by atoms with Crippen LogP contribution in [0.4, 0.5) is 0 Å². The molecule has 2 heterocycles. The van der Waals surface area contributed by atoms with Gasteiger partial charge in [0.05, 0.1) is 25.0 Å². The summed E-state index contributed by atoms with van der Waals surface area (Å²) in [5.41, 5.74) is -0.193. The highest BCUT2D eigenvalue weighted by Gasteiger charge is 2.64. The van der Waals surface area contributed by atoms with Crippen molar-refractivity contribution < 1.29 is 23.9 Å². The molecule has 4 aliphatic carbocycles. The monoisotopic (exact) mass is 503 g/mol. The van der Waals surface area contributed by atoms with Crippen molar-refractivity contribution >= 4 is 34.5 Å². The lowest BCUT2D eigenvalue weighted by Gasteiger charge is -2.52. The number of nitrogens with zero attached hydrogens (tertiary/aromatic N) is 1. The highest BCUT2D eigenvalue weighted by molar-refractivity contribution is 6.06. The lowest BCUT2D eigenvalue weighted by Crippen LogP contribution is -2.66. The summed E-state index contributed by atoms with van der Waals surface area (Å²) in [6.07, 6.45) is 4.12. The molecule has 1 aliphatic heterocycles. The Morgan fingerprint density at radius 1 is 1.19 bits per heavy atom. The third kappa shape index (κ3) is 3.84. The van der Waals surface area contributed by atoms with E-state index in [4.69, 9.17) is 4.74 Å². The molecule has 1 aromatic carbocycles. The molecule has 37 heavy (non-hydrogen) atoms. The van der Waals surface area contributed by atoms with Crippen molar-refractivity contribution in [2.45, 2.75) is 50.1 Å². The zero-order valence-corrected chi connectivity index (χ0v) is 20.5. The SMILES string of the molecule is COc1cccc2[nH]c(C(=O)N[C@@H](CC3CC3)C(=O)N[C@@]3(C#N)C[C@@H]4CC[C@H]3[C@H]3C(=O)NC(=O)[C@H]43)cc12. The maximum Gasteiger partial charge on any atom is 0.268 e. The minimum absolute atomic E-state index is 0.140. The van der Waals surface area contributed by atoms with Crippen molar-refractivity contribution in [2.75, 3.05) is 7.11 Å². The topological polar surface area (TPSA) is 153 Å². The van der Waals surface area contributed by atoms with Gasteiger partial charge in [-0.2, -0.15) is 5.26 Å². The van der Waals surface area contributed by atoms with Crippen molar-refractivity contribution in [3.8, 4) is 11.8 Å². The van der Waals surface area contributed by atoms with E-state index in [9.17, 15) is 24.4 Å². The molecule has 7 rings (SSSR count). The van der Waals surface area contributed by atoms with Crippen LogP contribution in [0.2, 0.25) is 0 Å². The molecule has 2 aromatic rings. The Bertz CT molecular complexity index is 1360. The van der Waals surface area contributed by atoms with Gasteiger partial charge in [0.15, 0.2) is 0 Å². The van der Waals surface area contributed by atoms with Crippen LogP contribution in [-0.4, -0.2) is 47.3 Å². The molecule has 10 nitrogen and oxygen atoms in total. The van der Waals surface area contributed by atoms with Crippen LogP contribution in [0.15, 0.2) is 24.3 Å². The molecule has 4 amide bonds. The molecule has 0 spiro atoms. The zero-order valence-electron chi connectivity index (χ0n) is 20.5. The predicted octanol–water partition coefficient (Wildman–Crippen LogP) is 1.77. The van der Waals surface area contributed by atoms with Gasteiger partial charge in [-0.25, -0.2) is 0 Å². The van der Waals surface area contributed by atoms with Gasteiger partial charge >= 0.3 is 0 Å². The van der Waals surface area contributed by atoms with Gasteiger partial charge in [0.2, 0.25) is 17.7 Å². The number of nitriles is 1. The van der Waals surface area contributed by atoms with E-state index in [0.29, 0.717) is 36.6 Å². The van der Waals surface area contributed by atoms with E-state index in [1.807, 2.05) is 18.2 Å². The molecular weight excluding hydrogens is 474 g/mol. The lowest BCUT2D eigenvalue weighted by atomic mass is 9.52. The van der Waals surface area contributed by atoms with Crippen molar-refractivity contribution in [3.63, 3.8) is 0 Å². The number of aromatic amines is 1. The second-order valence-electron chi connectivity index (χ2n) is 10.9. The number of rotatable bonds is 7. The first-order valence-electron chi connectivity index (χ1n) is 12.9. The van der Waals surface area contributed by atoms with E-state index in [1.54, 1.807) is 13.2 Å². The van der Waals surface area contributed by atoms with E-state index in [2.05, 4.69) is 27.0 Å². The van der Waals surface area contributed by atoms with E-state index < -0.39 is 41.1 Å². The number of nitrogens with one attached hydrogen (secondary N) is 4. The molecule has 192 valence electrons. The summed E-state index contributed by atoms with van der Waals surface area (Å²) < 4.78 is 5.38. The zero-order chi connectivity index (χ0) is 25.9. The Morgan fingerprint density at radius 3 is 2.70 bits per heavy atom. The van der Waals surface area contributed by atoms with Crippen molar-refractivity contribution in [1.29, 1.82) is 5.26 Å². The summed E-state index contributed by atoms with van der Waals surface area (Å²) in [5, 5.41) is 19.3. The first-order chi connectivity index (χ1) is 17.8. The summed E-state index contributed by atoms with van der Waals surface area (Å²) in [5.74, 6) is -2.10. The molecule has 0 radical (unpaired) electrons. The summed E-state index contributed by atoms with van der Waals surface area (Å²) in [6.45, 7) is 0. The van der Waals surface area contributed by atoms with Crippen LogP contribution in [0.5, 0.6) is 5.75 Å². The number of hydrogen-bond acceptors (Lipinski definition) is 6. The molecular formula is C27H29N5O5. The molecule has 2 bridgehead atoms. The standard InChI is InChI=1S/C27H29N5O5/c1-37-20-4-2-3-17-15(20)10-19(29-17)23(33)30-18(9-13-5-6-13)24(34)32-27(12-28)11-14-7-8-16(27)22-21(14)25(35)31-26(22)36/h2-4,10,13-14,16,18,21-22,29H,5-9,11H2,1H3,(H,30,33)(H,32,34)(H,31,35,36)/t14-,16-,18-,21+,22+,27+/m0/s1. The number of carbonyl (C=O) groups is 4. The highest BCUT2D eigenvalue weighted by Crippen LogP contribution is 2.55. The van der Waals surface area contributed by atoms with Crippen LogP contribution in [-0.2, 0) is 14.4 Å². The Hall–Kier alpha value is -3.87. The molecule has 1 saturated heterocycles. The fourth-order valence-electron chi connectivity index (χ4n) is 6.84. The van der Waals surface area contributed by atoms with Gasteiger partial charge in [-0.15, -0.1) is 0 Å². The summed E-state index contributed by atoms with van der Waals surface area (Å²) >= 11 is 0. The number of methoxy groups -OCH3 is 1. The Labute approximate surface area is 213 Å². The third-order valence-electron chi connectivity index (χ3n) is 8.77. The van der Waals surface area contributed by atoms with Crippen LogP contribution in [0, 0.1) is 40.9 Å². The third-order valence-corrected chi connectivity index (χ3v) is 8.77. The van der Waals surface area contributed by atoms with Crippen LogP contribution in [0.3, 0.4) is 0 Å². The van der Waals surface area contributed by atoms with Crippen LogP contribution in [0.1, 0.15) is 49.0 Å². The largest absolute Gasteiger partial charge is 0.496 e. The first-order valence-corrected chi connectivity index (χ1v) is 12.9. The van der Waals surface area contributed by atoms with E-state index in [-0.39, 0.29) is 17.7 Å². The fraction of sp³-hybridized carbons (Fsp3) is 0.519. The fourth-order valence-corrected chi connectivity index (χ4v) is 6.84. The Balaban J connectivity index is 1.23. The van der Waals surface area contributed by atoms with Gasteiger partial charge < -0.3 is 20.4 Å². The molecule has 5 fully saturated rings. The maximum atomic E-state index is 13.6. The number of hydrogen-bond donors (Lipinski definition) is 4. The number of amides is 4. The highest BCUT2D eigenvalue weighted by atomic mass is 16.5. The van der Waals surface area contributed by atoms with Crippen LogP contribution < -0.4 is 20.7 Å². The average molecular weight is 504 g/mol. The number of imide groups is 1. The second kappa shape index (κ2) is 8.61. The van der Waals surface area contributed by atoms with Gasteiger partial charge in [-0.3, -0.25) is 24.5 Å². The van der Waals surface area contributed by atoms with Crippen molar-refractivity contribution in [2.24, 2.45) is 29.6 Å². The summed E-state index contributed by atoms with van der Waals surface area (Å²) in [4.78, 5) is 54.9. The lowest BCUT2D eigenvalue weighted by molar-refractivity contribution is -0.137. The maximum absolute atomic E-state index is 13.6. The van der Waals surface area contributed by atoms with E-state index in [1.165, 1.54) is 0 Å². The van der Waals surface area contributed by atoms with Gasteiger partial charge in [0.1, 0.15) is 23.0 Å². The van der Waals surface area contributed by atoms with Gasteiger partial charge in [-0.1, -0.05) is 18.9 Å². The number of benzene rings is 1.